The van der Waals surface area contributed by atoms with Crippen LogP contribution >= 0.6 is 10.7 Å². The van der Waals surface area contributed by atoms with Gasteiger partial charge in [0.15, 0.2) is 0 Å². The molecule has 3 heterocycles. The molecule has 0 bridgehead atoms. The number of nitrogens with one attached hydrogen (secondary N) is 1. The Labute approximate surface area is 487 Å². The van der Waals surface area contributed by atoms with Crippen LogP contribution in [0, 0.1) is 0 Å². The van der Waals surface area contributed by atoms with Gasteiger partial charge in [0.05, 0.1) is 67.5 Å². The predicted octanol–water partition coefficient (Wildman–Crippen LogP) is 12.9. The van der Waals surface area contributed by atoms with Gasteiger partial charge in [-0.25, -0.2) is 33.7 Å². The number of halogens is 1. The van der Waals surface area contributed by atoms with Crippen LogP contribution in [-0.4, -0.2) is 86.6 Å². The molecule has 3 aromatic heterocycles. The number of ether oxygens (including phenoxy) is 3. The summed E-state index contributed by atoms with van der Waals surface area (Å²) >= 11 is 0. The highest BCUT2D eigenvalue weighted by Crippen LogP contribution is 2.32. The molecule has 0 radical (unpaired) electrons. The SMILES string of the molecule is C.CCCS(=O)(=O)Cl.CCCS(=O)(=O)N(c1cccc(Oc2ccc3nccnc3c2)c1)S(=O)(=O)CCC.CCCS(=O)(=O)Nc1cccc(Oc2ccc3nccnc3c2)c1.Nc1cccc(Oc2ccc3nccnc3c2)c1.[2H]CC. The fourth-order valence-electron chi connectivity index (χ4n) is 7.21. The molecular weight excluding hydrogens is 1150 g/mol. The van der Waals surface area contributed by atoms with Crippen molar-refractivity contribution >= 4 is 100.0 Å². The van der Waals surface area contributed by atoms with Gasteiger partial charge in [-0.1, -0.05) is 67.1 Å². The molecule has 0 fully saturated rings. The second-order valence-electron chi connectivity index (χ2n) is 17.0. The van der Waals surface area contributed by atoms with E-state index in [-0.39, 0.29) is 36.1 Å². The first-order valence-corrected chi connectivity index (χ1v) is 32.7. The van der Waals surface area contributed by atoms with Crippen molar-refractivity contribution in [3.05, 3.63) is 165 Å². The summed E-state index contributed by atoms with van der Waals surface area (Å²) in [5.41, 5.74) is 11.4. The van der Waals surface area contributed by atoms with Gasteiger partial charge in [0.1, 0.15) is 34.5 Å². The standard InChI is InChI=1S/C20H23N3O5S2.C17H17N3O3S.C14H11N3O.C3H7ClO2S.C2H6.CH4/c1-3-12-29(24,25)23(30(26,27)13-4-2)16-6-5-7-17(14-16)28-18-8-9-19-20(15-18)22-11-10-21-19;1-2-10-24(21,22)20-13-4-3-5-14(11-13)23-15-6-7-16-17(12-15)19-9-8-18-16;15-10-2-1-3-11(8-10)18-12-4-5-13-14(9-12)17-7-6-16-13;1-2-3-7(4,5)6;1-2;/h5-11,14-15H,3-4,12-13H2,1-2H3;3-9,11-12,20H,2,10H2,1H3;1-9H,15H2;2-3H2,1H3;1-2H3;1H4/i;;;;1D;. The van der Waals surface area contributed by atoms with Gasteiger partial charge in [-0.2, -0.15) is 3.71 Å². The molecule has 0 aliphatic rings. The lowest BCUT2D eigenvalue weighted by Crippen LogP contribution is -2.39. The monoisotopic (exact) mass is 1220 g/mol. The van der Waals surface area contributed by atoms with Gasteiger partial charge in [0.25, 0.3) is 0 Å². The number of nitrogens with zero attached hydrogens (tertiary/aromatic N) is 7. The zero-order valence-electron chi connectivity index (χ0n) is 46.2. The summed E-state index contributed by atoms with van der Waals surface area (Å²) in [6.45, 7) is 9.25. The van der Waals surface area contributed by atoms with Crippen LogP contribution in [0.4, 0.5) is 17.1 Å². The number of benzene rings is 6. The van der Waals surface area contributed by atoms with Crippen LogP contribution in [0.5, 0.6) is 34.5 Å². The van der Waals surface area contributed by atoms with Gasteiger partial charge in [-0.15, -0.1) is 0 Å². The molecule has 9 aromatic rings. The Morgan fingerprint density at radius 1 is 0.476 bits per heavy atom. The minimum atomic E-state index is -4.05. The van der Waals surface area contributed by atoms with Crippen molar-refractivity contribution in [2.24, 2.45) is 0 Å². The molecule has 25 heteroatoms. The smallest absolute Gasteiger partial charge is 0.248 e. The number of hydrogen-bond acceptors (Lipinski definition) is 18. The first-order valence-electron chi connectivity index (χ1n) is 26.0. The van der Waals surface area contributed by atoms with Crippen molar-refractivity contribution < 1.29 is 49.3 Å². The lowest BCUT2D eigenvalue weighted by Gasteiger charge is -2.24. The third kappa shape index (κ3) is 21.3. The Kier molecular flexibility index (Phi) is 25.4. The number of fused-ring (bicyclic) bond motifs is 3. The van der Waals surface area contributed by atoms with Crippen LogP contribution in [0.1, 0.15) is 76.0 Å². The van der Waals surface area contributed by atoms with E-state index < -0.39 is 39.1 Å². The van der Waals surface area contributed by atoms with Gasteiger partial charge in [-0.3, -0.25) is 34.6 Å². The Balaban J connectivity index is 0.000000250. The molecule has 438 valence electrons. The molecule has 20 nitrogen and oxygen atoms in total. The second kappa shape index (κ2) is 32.0. The van der Waals surface area contributed by atoms with E-state index in [4.69, 9.17) is 32.0 Å². The van der Waals surface area contributed by atoms with Crippen LogP contribution in [0.15, 0.2) is 165 Å². The summed E-state index contributed by atoms with van der Waals surface area (Å²) in [5.74, 6) is 2.96. The van der Waals surface area contributed by atoms with Crippen LogP contribution in [0.2, 0.25) is 0 Å². The van der Waals surface area contributed by atoms with Crippen molar-refractivity contribution in [2.45, 2.75) is 74.6 Å². The molecule has 3 N–H and O–H groups in total. The molecule has 0 unspecified atom stereocenters. The zero-order valence-corrected chi connectivity index (χ0v) is 49.2. The van der Waals surface area contributed by atoms with Crippen LogP contribution in [0.25, 0.3) is 33.1 Å². The van der Waals surface area contributed by atoms with Crippen molar-refractivity contribution in [1.82, 2.24) is 29.9 Å². The van der Waals surface area contributed by atoms with Gasteiger partial charge in [0.2, 0.25) is 39.1 Å². The summed E-state index contributed by atoms with van der Waals surface area (Å²) in [6, 6.07) is 36.3. The van der Waals surface area contributed by atoms with Crippen LogP contribution < -0.4 is 28.4 Å². The number of rotatable bonds is 19. The Hall–Kier alpha value is -7.77. The summed E-state index contributed by atoms with van der Waals surface area (Å²) in [4.78, 5) is 25.3. The Bertz CT molecular complexity index is 3950. The molecule has 0 saturated heterocycles. The third-order valence-electron chi connectivity index (χ3n) is 10.4. The van der Waals surface area contributed by atoms with E-state index >= 15 is 0 Å². The summed E-state index contributed by atoms with van der Waals surface area (Å²) in [5, 5.41) is 0. The van der Waals surface area contributed by atoms with Crippen molar-refractivity contribution in [2.75, 3.05) is 37.2 Å². The van der Waals surface area contributed by atoms with E-state index in [1.54, 1.807) is 138 Å². The largest absolute Gasteiger partial charge is 0.457 e. The minimum Gasteiger partial charge on any atom is -0.457 e. The van der Waals surface area contributed by atoms with E-state index in [9.17, 15) is 33.7 Å². The highest BCUT2D eigenvalue weighted by atomic mass is 35.7. The van der Waals surface area contributed by atoms with E-state index in [2.05, 4.69) is 34.6 Å². The van der Waals surface area contributed by atoms with E-state index in [1.807, 2.05) is 49.4 Å². The summed E-state index contributed by atoms with van der Waals surface area (Å²) in [6.07, 6.45) is 11.5. The lowest BCUT2D eigenvalue weighted by atomic mass is 10.2. The topological polar surface area (TPSA) is 283 Å². The minimum absolute atomic E-state index is 0. The Morgan fingerprint density at radius 2 is 0.829 bits per heavy atom. The Morgan fingerprint density at radius 3 is 1.21 bits per heavy atom. The molecular formula is C57H68ClN9O11S4. The number of sulfonamides is 3. The maximum atomic E-state index is 12.8. The molecule has 0 aliphatic carbocycles. The predicted molar refractivity (Wildman–Crippen MR) is 329 cm³/mol. The summed E-state index contributed by atoms with van der Waals surface area (Å²) in [7, 11) is -9.83. The molecule has 9 rings (SSSR count). The summed E-state index contributed by atoms with van der Waals surface area (Å²) < 4.78 is 121. The van der Waals surface area contributed by atoms with E-state index in [1.165, 1.54) is 12.1 Å². The quantitative estimate of drug-likeness (QED) is 0.0562. The van der Waals surface area contributed by atoms with Crippen molar-refractivity contribution in [3.63, 3.8) is 0 Å². The van der Waals surface area contributed by atoms with Gasteiger partial charge >= 0.3 is 0 Å². The number of nitrogens with two attached hydrogens (primary N) is 1. The van der Waals surface area contributed by atoms with Crippen LogP contribution in [-0.2, 0) is 39.1 Å². The van der Waals surface area contributed by atoms with Gasteiger partial charge in [0, 0.05) is 91.3 Å². The molecule has 6 aromatic carbocycles. The maximum absolute atomic E-state index is 12.8. The number of anilines is 3. The molecule has 0 atom stereocenters. The van der Waals surface area contributed by atoms with E-state index in [0.717, 1.165) is 22.1 Å². The van der Waals surface area contributed by atoms with Crippen molar-refractivity contribution in [3.8, 4) is 34.5 Å². The average molecular weight is 1220 g/mol. The first kappa shape index (κ1) is 65.0. The van der Waals surface area contributed by atoms with Gasteiger partial charge in [-0.05, 0) is 98.5 Å². The first-order chi connectivity index (χ1) is 39.1. The highest BCUT2D eigenvalue weighted by Gasteiger charge is 2.33. The molecule has 0 amide bonds. The second-order valence-corrected chi connectivity index (χ2v) is 25.9. The molecule has 0 aliphatic heterocycles. The number of hydrogen-bond donors (Lipinski definition) is 2. The average Bonchev–Trinajstić information content (AvgIpc) is 3.46. The maximum Gasteiger partial charge on any atom is 0.248 e. The van der Waals surface area contributed by atoms with Crippen LogP contribution in [0.3, 0.4) is 0 Å². The molecule has 82 heavy (non-hydrogen) atoms. The normalized spacial score (nSPS) is 11.3. The highest BCUT2D eigenvalue weighted by molar-refractivity contribution is 8.13. The lowest BCUT2D eigenvalue weighted by molar-refractivity contribution is 0.483. The van der Waals surface area contributed by atoms with Crippen molar-refractivity contribution in [1.29, 1.82) is 0 Å². The molecule has 0 saturated carbocycles. The van der Waals surface area contributed by atoms with E-state index in [0.29, 0.717) is 93.2 Å². The van der Waals surface area contributed by atoms with Gasteiger partial charge < -0.3 is 19.9 Å². The third-order valence-corrected chi connectivity index (χ3v) is 17.9. The fourth-order valence-corrected chi connectivity index (χ4v) is 13.3. The molecule has 0 spiro atoms. The number of aromatic nitrogens is 6. The fraction of sp³-hybridized carbons (Fsp3) is 0.263. The zero-order chi connectivity index (χ0) is 59.8. The number of nitrogen functional groups attached to an aromatic ring is 1.